The molecule has 0 saturated carbocycles. The van der Waals surface area contributed by atoms with E-state index in [1.165, 1.54) is 0 Å². The molecule has 1 rings (SSSR count). The second-order valence-corrected chi connectivity index (χ2v) is 2.29. The fourth-order valence-electron chi connectivity index (χ4n) is 0.815. The Kier molecular flexibility index (Phi) is 2.82. The van der Waals surface area contributed by atoms with Crippen LogP contribution in [0.2, 0.25) is 0 Å². The minimum absolute atomic E-state index is 0.360. The first-order valence-corrected chi connectivity index (χ1v) is 3.39. The Balaban J connectivity index is 3.22. The molecule has 0 atom stereocenters. The third-order valence-electron chi connectivity index (χ3n) is 1.42. The maximum absolute atomic E-state index is 12.7. The Bertz CT molecular complexity index is 314. The van der Waals surface area contributed by atoms with Gasteiger partial charge in [0.15, 0.2) is 11.6 Å². The van der Waals surface area contributed by atoms with Crippen LogP contribution in [0.1, 0.15) is 17.8 Å². The van der Waals surface area contributed by atoms with E-state index in [9.17, 15) is 17.6 Å². The van der Waals surface area contributed by atoms with Crippen molar-refractivity contribution in [3.8, 4) is 0 Å². The molecular weight excluding hydrogens is 188 g/mol. The Hall–Kier alpha value is -1.17. The normalized spacial score (nSPS) is 10.9. The third kappa shape index (κ3) is 1.95. The zero-order valence-corrected chi connectivity index (χ0v) is 6.40. The molecule has 72 valence electrons. The average molecular weight is 194 g/mol. The molecule has 6 heteroatoms. The first-order valence-electron chi connectivity index (χ1n) is 3.39. The van der Waals surface area contributed by atoms with E-state index in [1.807, 2.05) is 0 Å². The van der Waals surface area contributed by atoms with E-state index in [2.05, 4.69) is 4.98 Å². The van der Waals surface area contributed by atoms with Gasteiger partial charge in [-0.25, -0.2) is 22.5 Å². The minimum atomic E-state index is -2.93. The average Bonchev–Trinajstić information content (AvgIpc) is 2.09. The molecular formula is C7H6F4N2. The van der Waals surface area contributed by atoms with Gasteiger partial charge in [-0.2, -0.15) is 0 Å². The van der Waals surface area contributed by atoms with Crippen molar-refractivity contribution in [3.63, 3.8) is 0 Å². The van der Waals surface area contributed by atoms with Crippen molar-refractivity contribution in [2.75, 3.05) is 0 Å². The summed E-state index contributed by atoms with van der Waals surface area (Å²) in [5.41, 5.74) is 3.68. The van der Waals surface area contributed by atoms with Gasteiger partial charge in [0.2, 0.25) is 0 Å². The Labute approximate surface area is 71.4 Å². The summed E-state index contributed by atoms with van der Waals surface area (Å²) in [5.74, 6) is -2.63. The van der Waals surface area contributed by atoms with Crippen molar-refractivity contribution >= 4 is 0 Å². The summed E-state index contributed by atoms with van der Waals surface area (Å²) in [5, 5.41) is 0. The van der Waals surface area contributed by atoms with Crippen molar-refractivity contribution in [1.29, 1.82) is 0 Å². The largest absolute Gasteiger partial charge is 0.325 e. The summed E-state index contributed by atoms with van der Waals surface area (Å²) in [6, 6.07) is 0.360. The molecule has 0 radical (unpaired) electrons. The van der Waals surface area contributed by atoms with Gasteiger partial charge in [0.25, 0.3) is 6.43 Å². The highest BCUT2D eigenvalue weighted by atomic mass is 19.3. The number of hydrogen-bond acceptors (Lipinski definition) is 2. The molecule has 0 unspecified atom stereocenters. The Morgan fingerprint density at radius 1 is 1.38 bits per heavy atom. The van der Waals surface area contributed by atoms with Crippen molar-refractivity contribution in [3.05, 3.63) is 29.1 Å². The molecule has 0 spiro atoms. The van der Waals surface area contributed by atoms with Crippen molar-refractivity contribution < 1.29 is 17.6 Å². The molecule has 1 aromatic rings. The van der Waals surface area contributed by atoms with Gasteiger partial charge in [0, 0.05) is 12.6 Å². The lowest BCUT2D eigenvalue weighted by atomic mass is 10.2. The van der Waals surface area contributed by atoms with E-state index in [0.717, 1.165) is 0 Å². The lowest BCUT2D eigenvalue weighted by Crippen LogP contribution is -2.08. The van der Waals surface area contributed by atoms with Crippen molar-refractivity contribution in [1.82, 2.24) is 4.98 Å². The number of rotatable bonds is 2. The number of nitrogens with two attached hydrogens (primary N) is 1. The van der Waals surface area contributed by atoms with E-state index >= 15 is 0 Å². The quantitative estimate of drug-likeness (QED) is 0.728. The fourth-order valence-corrected chi connectivity index (χ4v) is 0.815. The lowest BCUT2D eigenvalue weighted by molar-refractivity contribution is 0.145. The second kappa shape index (κ2) is 3.69. The van der Waals surface area contributed by atoms with Crippen LogP contribution in [-0.2, 0) is 6.54 Å². The van der Waals surface area contributed by atoms with Crippen LogP contribution in [-0.4, -0.2) is 4.98 Å². The number of aromatic nitrogens is 1. The van der Waals surface area contributed by atoms with E-state index in [0.29, 0.717) is 6.07 Å². The molecule has 1 heterocycles. The molecule has 0 aromatic carbocycles. The maximum atomic E-state index is 12.7. The van der Waals surface area contributed by atoms with E-state index < -0.39 is 36.0 Å². The van der Waals surface area contributed by atoms with Crippen molar-refractivity contribution in [2.45, 2.75) is 13.0 Å². The van der Waals surface area contributed by atoms with Crippen LogP contribution in [0.5, 0.6) is 0 Å². The van der Waals surface area contributed by atoms with Crippen LogP contribution in [0.3, 0.4) is 0 Å². The molecule has 2 nitrogen and oxygen atoms in total. The van der Waals surface area contributed by atoms with Crippen molar-refractivity contribution in [2.24, 2.45) is 5.73 Å². The highest BCUT2D eigenvalue weighted by Gasteiger charge is 2.16. The molecule has 2 N–H and O–H groups in total. The van der Waals surface area contributed by atoms with Crippen LogP contribution in [0.4, 0.5) is 17.6 Å². The predicted octanol–water partition coefficient (Wildman–Crippen LogP) is 1.76. The number of hydrogen-bond donors (Lipinski definition) is 1. The van der Waals surface area contributed by atoms with E-state index in [4.69, 9.17) is 5.73 Å². The Morgan fingerprint density at radius 3 is 2.46 bits per heavy atom. The van der Waals surface area contributed by atoms with Crippen LogP contribution in [0.15, 0.2) is 6.07 Å². The summed E-state index contributed by atoms with van der Waals surface area (Å²) in [6.45, 7) is -0.413. The summed E-state index contributed by atoms with van der Waals surface area (Å²) in [7, 11) is 0. The Morgan fingerprint density at radius 2 is 2.00 bits per heavy atom. The molecule has 0 aliphatic carbocycles. The second-order valence-electron chi connectivity index (χ2n) is 2.29. The fraction of sp³-hybridized carbons (Fsp3) is 0.286. The number of halogens is 4. The smallest absolute Gasteiger partial charge is 0.280 e. The topological polar surface area (TPSA) is 38.9 Å². The van der Waals surface area contributed by atoms with Gasteiger partial charge in [-0.05, 0) is 0 Å². The van der Waals surface area contributed by atoms with Crippen LogP contribution < -0.4 is 5.73 Å². The van der Waals surface area contributed by atoms with Gasteiger partial charge in [0.05, 0.1) is 5.69 Å². The van der Waals surface area contributed by atoms with Gasteiger partial charge in [-0.15, -0.1) is 0 Å². The highest BCUT2D eigenvalue weighted by Crippen LogP contribution is 2.19. The highest BCUT2D eigenvalue weighted by molar-refractivity contribution is 5.16. The molecule has 0 bridgehead atoms. The third-order valence-corrected chi connectivity index (χ3v) is 1.42. The van der Waals surface area contributed by atoms with Gasteiger partial charge < -0.3 is 5.73 Å². The van der Waals surface area contributed by atoms with E-state index in [1.54, 1.807) is 0 Å². The van der Waals surface area contributed by atoms with Crippen LogP contribution in [0.25, 0.3) is 0 Å². The molecule has 0 aliphatic heterocycles. The molecule has 1 aromatic heterocycles. The SMILES string of the molecule is NCc1nc(C(F)F)cc(F)c1F. The molecule has 13 heavy (non-hydrogen) atoms. The maximum Gasteiger partial charge on any atom is 0.280 e. The van der Waals surface area contributed by atoms with Gasteiger partial charge in [-0.3, -0.25) is 0 Å². The van der Waals surface area contributed by atoms with Gasteiger partial charge in [-0.1, -0.05) is 0 Å². The standard InChI is InChI=1S/C7H6F4N2/c8-3-1-4(7(10)11)13-5(2-12)6(3)9/h1,7H,2,12H2. The molecule has 0 fully saturated rings. The zero-order valence-electron chi connectivity index (χ0n) is 6.40. The van der Waals surface area contributed by atoms with Crippen LogP contribution >= 0.6 is 0 Å². The molecule has 0 amide bonds. The zero-order chi connectivity index (χ0) is 10.0. The summed E-state index contributed by atoms with van der Waals surface area (Å²) in [6.07, 6.45) is -2.93. The summed E-state index contributed by atoms with van der Waals surface area (Å²) >= 11 is 0. The lowest BCUT2D eigenvalue weighted by Gasteiger charge is -2.03. The summed E-state index contributed by atoms with van der Waals surface area (Å²) < 4.78 is 49.3. The predicted molar refractivity (Wildman–Crippen MR) is 37.0 cm³/mol. The number of pyridine rings is 1. The first-order chi connectivity index (χ1) is 6.06. The monoisotopic (exact) mass is 194 g/mol. The van der Waals surface area contributed by atoms with Gasteiger partial charge in [0.1, 0.15) is 5.69 Å². The first kappa shape index (κ1) is 9.91. The minimum Gasteiger partial charge on any atom is -0.325 e. The number of alkyl halides is 2. The van der Waals surface area contributed by atoms with Crippen LogP contribution in [0, 0.1) is 11.6 Å². The molecule has 0 aliphatic rings. The van der Waals surface area contributed by atoms with Gasteiger partial charge >= 0.3 is 0 Å². The number of nitrogens with zero attached hydrogens (tertiary/aromatic N) is 1. The molecule has 0 saturated heterocycles. The summed E-state index contributed by atoms with van der Waals surface area (Å²) in [4.78, 5) is 3.16. The van der Waals surface area contributed by atoms with E-state index in [-0.39, 0.29) is 0 Å².